The average molecular weight is 379 g/mol. The van der Waals surface area contributed by atoms with E-state index in [1.54, 1.807) is 19.2 Å². The molecule has 0 spiro atoms. The highest BCUT2D eigenvalue weighted by Gasteiger charge is 2.13. The molecule has 5 nitrogen and oxygen atoms in total. The molecule has 0 radical (unpaired) electrons. The number of methoxy groups -OCH3 is 2. The van der Waals surface area contributed by atoms with Gasteiger partial charge in [0.1, 0.15) is 28.8 Å². The zero-order chi connectivity index (χ0) is 14.7. The van der Waals surface area contributed by atoms with Gasteiger partial charge in [-0.1, -0.05) is 23.2 Å². The van der Waals surface area contributed by atoms with Gasteiger partial charge in [-0.25, -0.2) is 9.97 Å². The first-order chi connectivity index (χ1) is 9.56. The maximum absolute atomic E-state index is 6.05. The first-order valence-corrected chi connectivity index (χ1v) is 6.96. The summed E-state index contributed by atoms with van der Waals surface area (Å²) in [5, 5.41) is 3.85. The van der Waals surface area contributed by atoms with Crippen LogP contribution in [0.1, 0.15) is 0 Å². The van der Waals surface area contributed by atoms with Crippen LogP contribution in [0.25, 0.3) is 0 Å². The summed E-state index contributed by atoms with van der Waals surface area (Å²) in [6.07, 6.45) is 1.36. The number of ether oxygens (including phenoxy) is 2. The van der Waals surface area contributed by atoms with Crippen molar-refractivity contribution >= 4 is 50.6 Å². The van der Waals surface area contributed by atoms with E-state index in [1.165, 1.54) is 13.4 Å². The van der Waals surface area contributed by atoms with Crippen LogP contribution in [-0.2, 0) is 0 Å². The number of nitrogens with one attached hydrogen (secondary N) is 1. The van der Waals surface area contributed by atoms with Crippen molar-refractivity contribution in [2.75, 3.05) is 19.5 Å². The predicted molar refractivity (Wildman–Crippen MR) is 82.6 cm³/mol. The molecule has 0 aliphatic heterocycles. The Bertz CT molecular complexity index is 640. The number of hydrogen-bond donors (Lipinski definition) is 1. The van der Waals surface area contributed by atoms with Crippen LogP contribution in [0.5, 0.6) is 11.5 Å². The first-order valence-electron chi connectivity index (χ1n) is 5.41. The van der Waals surface area contributed by atoms with Gasteiger partial charge in [0.2, 0.25) is 0 Å². The molecule has 20 heavy (non-hydrogen) atoms. The van der Waals surface area contributed by atoms with Crippen molar-refractivity contribution in [3.05, 3.63) is 33.1 Å². The molecular formula is C12H10BrCl2N3O2. The van der Waals surface area contributed by atoms with E-state index < -0.39 is 0 Å². The Balaban J connectivity index is 2.44. The fourth-order valence-corrected chi connectivity index (χ4v) is 2.19. The minimum Gasteiger partial charge on any atom is -0.495 e. The van der Waals surface area contributed by atoms with Crippen LogP contribution in [0.2, 0.25) is 10.2 Å². The number of benzene rings is 1. The van der Waals surface area contributed by atoms with Crippen LogP contribution < -0.4 is 14.8 Å². The Kier molecular flexibility index (Phi) is 4.91. The zero-order valence-electron chi connectivity index (χ0n) is 10.6. The summed E-state index contributed by atoms with van der Waals surface area (Å²) in [4.78, 5) is 7.97. The van der Waals surface area contributed by atoms with Gasteiger partial charge in [0.25, 0.3) is 0 Å². The van der Waals surface area contributed by atoms with Gasteiger partial charge in [0, 0.05) is 12.1 Å². The molecule has 2 aromatic rings. The molecule has 0 unspecified atom stereocenters. The lowest BCUT2D eigenvalue weighted by Crippen LogP contribution is -1.99. The van der Waals surface area contributed by atoms with Gasteiger partial charge in [-0.05, 0) is 15.9 Å². The van der Waals surface area contributed by atoms with E-state index >= 15 is 0 Å². The molecule has 0 amide bonds. The lowest BCUT2D eigenvalue weighted by molar-refractivity contribution is 0.405. The molecule has 0 atom stereocenters. The smallest absolute Gasteiger partial charge is 0.149 e. The second-order valence-electron chi connectivity index (χ2n) is 3.64. The first kappa shape index (κ1) is 15.2. The Labute approximate surface area is 134 Å². The minimum absolute atomic E-state index is 0.308. The Morgan fingerprint density at radius 3 is 2.45 bits per heavy atom. The summed E-state index contributed by atoms with van der Waals surface area (Å²) >= 11 is 15.3. The molecule has 0 fully saturated rings. The number of anilines is 2. The van der Waals surface area contributed by atoms with E-state index in [2.05, 4.69) is 31.2 Å². The van der Waals surface area contributed by atoms with Crippen LogP contribution in [-0.4, -0.2) is 24.2 Å². The van der Waals surface area contributed by atoms with Crippen molar-refractivity contribution in [2.45, 2.75) is 0 Å². The summed E-state index contributed by atoms with van der Waals surface area (Å²) in [5.41, 5.74) is 0.643. The van der Waals surface area contributed by atoms with Crippen LogP contribution >= 0.6 is 39.1 Å². The van der Waals surface area contributed by atoms with Crippen molar-refractivity contribution in [2.24, 2.45) is 0 Å². The second kappa shape index (κ2) is 6.47. The van der Waals surface area contributed by atoms with Crippen molar-refractivity contribution < 1.29 is 9.47 Å². The summed E-state index contributed by atoms with van der Waals surface area (Å²) < 4.78 is 11.0. The Morgan fingerprint density at radius 1 is 1.10 bits per heavy atom. The van der Waals surface area contributed by atoms with Gasteiger partial charge < -0.3 is 14.8 Å². The third-order valence-corrected chi connectivity index (χ3v) is 4.04. The normalized spacial score (nSPS) is 10.2. The summed E-state index contributed by atoms with van der Waals surface area (Å²) in [6, 6.07) is 3.36. The van der Waals surface area contributed by atoms with Crippen molar-refractivity contribution in [1.82, 2.24) is 9.97 Å². The number of aromatic nitrogens is 2. The van der Waals surface area contributed by atoms with Crippen LogP contribution in [0.15, 0.2) is 22.9 Å². The van der Waals surface area contributed by atoms with Crippen LogP contribution in [0.4, 0.5) is 11.5 Å². The Morgan fingerprint density at radius 2 is 1.80 bits per heavy atom. The van der Waals surface area contributed by atoms with E-state index in [0.717, 1.165) is 0 Å². The highest BCUT2D eigenvalue weighted by atomic mass is 79.9. The molecule has 0 bridgehead atoms. The molecule has 106 valence electrons. The monoisotopic (exact) mass is 377 g/mol. The fourth-order valence-electron chi connectivity index (χ4n) is 1.52. The molecule has 0 saturated heterocycles. The fraction of sp³-hybridized carbons (Fsp3) is 0.167. The quantitative estimate of drug-likeness (QED) is 0.803. The van der Waals surface area contributed by atoms with Crippen LogP contribution in [0, 0.1) is 0 Å². The molecule has 8 heteroatoms. The van der Waals surface area contributed by atoms with Gasteiger partial charge >= 0.3 is 0 Å². The number of halogens is 3. The van der Waals surface area contributed by atoms with E-state index in [-0.39, 0.29) is 0 Å². The van der Waals surface area contributed by atoms with Crippen molar-refractivity contribution in [3.63, 3.8) is 0 Å². The van der Waals surface area contributed by atoms with Gasteiger partial charge in [0.15, 0.2) is 0 Å². The SMILES string of the molecule is COc1cc(Nc2ncnc(Cl)c2Br)c(OC)cc1Cl. The lowest BCUT2D eigenvalue weighted by atomic mass is 10.2. The van der Waals surface area contributed by atoms with Gasteiger partial charge in [0.05, 0.1) is 29.4 Å². The van der Waals surface area contributed by atoms with Gasteiger partial charge in [-0.2, -0.15) is 0 Å². The highest BCUT2D eigenvalue weighted by Crippen LogP contribution is 2.38. The molecule has 1 aromatic carbocycles. The largest absolute Gasteiger partial charge is 0.495 e. The molecule has 2 rings (SSSR count). The van der Waals surface area contributed by atoms with E-state index in [4.69, 9.17) is 32.7 Å². The van der Waals surface area contributed by atoms with Gasteiger partial charge in [-0.3, -0.25) is 0 Å². The molecule has 0 saturated carbocycles. The van der Waals surface area contributed by atoms with Gasteiger partial charge in [-0.15, -0.1) is 0 Å². The summed E-state index contributed by atoms with van der Waals surface area (Å²) in [7, 11) is 3.08. The van der Waals surface area contributed by atoms with Crippen molar-refractivity contribution in [1.29, 1.82) is 0 Å². The van der Waals surface area contributed by atoms with Crippen molar-refractivity contribution in [3.8, 4) is 11.5 Å². The molecule has 1 N–H and O–H groups in total. The molecular weight excluding hydrogens is 369 g/mol. The molecule has 1 aromatic heterocycles. The highest BCUT2D eigenvalue weighted by molar-refractivity contribution is 9.10. The molecule has 0 aliphatic carbocycles. The second-order valence-corrected chi connectivity index (χ2v) is 5.20. The molecule has 0 aliphatic rings. The topological polar surface area (TPSA) is 56.3 Å². The lowest BCUT2D eigenvalue weighted by Gasteiger charge is -2.14. The zero-order valence-corrected chi connectivity index (χ0v) is 13.7. The average Bonchev–Trinajstić information content (AvgIpc) is 2.45. The van der Waals surface area contributed by atoms with E-state index in [1.807, 2.05) is 0 Å². The summed E-state index contributed by atoms with van der Waals surface area (Å²) in [5.74, 6) is 1.58. The maximum atomic E-state index is 6.05. The van der Waals surface area contributed by atoms with Crippen LogP contribution in [0.3, 0.4) is 0 Å². The van der Waals surface area contributed by atoms with E-state index in [0.29, 0.717) is 37.7 Å². The minimum atomic E-state index is 0.308. The molecule has 1 heterocycles. The van der Waals surface area contributed by atoms with E-state index in [9.17, 15) is 0 Å². The number of rotatable bonds is 4. The number of hydrogen-bond acceptors (Lipinski definition) is 5. The third kappa shape index (κ3) is 3.08. The third-order valence-electron chi connectivity index (χ3n) is 2.47. The number of nitrogens with zero attached hydrogens (tertiary/aromatic N) is 2. The predicted octanol–water partition coefficient (Wildman–Crippen LogP) is 4.31. The maximum Gasteiger partial charge on any atom is 0.149 e. The Hall–Kier alpha value is -1.24. The standard InChI is InChI=1S/C12H10BrCl2N3O2/c1-19-8-4-7(9(20-2)3-6(8)14)18-12-10(13)11(15)16-5-17-12/h3-5H,1-2H3,(H,16,17,18). The summed E-state index contributed by atoms with van der Waals surface area (Å²) in [6.45, 7) is 0.